The maximum atomic E-state index is 9.58. The van der Waals surface area contributed by atoms with Crippen LogP contribution in [0.4, 0.5) is 0 Å². The molecule has 2 atom stereocenters. The van der Waals surface area contributed by atoms with Gasteiger partial charge in [0.05, 0.1) is 6.10 Å². The number of hydrogen-bond donors (Lipinski definition) is 3. The maximum Gasteiger partial charge on any atom is 0.102 e. The van der Waals surface area contributed by atoms with E-state index in [0.29, 0.717) is 13.0 Å². The predicted octanol–water partition coefficient (Wildman–Crippen LogP) is 0.518. The molecule has 1 aromatic carbocycles. The Kier molecular flexibility index (Phi) is 4.59. The second-order valence-electron chi connectivity index (χ2n) is 3.43. The Bertz CT molecular complexity index is 249. The molecule has 3 nitrogen and oxygen atoms in total. The van der Waals surface area contributed by atoms with Gasteiger partial charge in [-0.15, -0.1) is 0 Å². The second kappa shape index (κ2) is 5.75. The van der Waals surface area contributed by atoms with Crippen LogP contribution in [0, 0.1) is 0 Å². The van der Waals surface area contributed by atoms with Gasteiger partial charge in [0.15, 0.2) is 0 Å². The van der Waals surface area contributed by atoms with E-state index in [4.69, 9.17) is 5.11 Å². The van der Waals surface area contributed by atoms with Crippen molar-refractivity contribution < 1.29 is 10.2 Å². The van der Waals surface area contributed by atoms with Crippen molar-refractivity contribution in [1.29, 1.82) is 0 Å². The summed E-state index contributed by atoms with van der Waals surface area (Å²) in [5.41, 5.74) is 1.10. The third-order valence-corrected chi connectivity index (χ3v) is 1.96. The Morgan fingerprint density at radius 3 is 2.43 bits per heavy atom. The first kappa shape index (κ1) is 11.2. The van der Waals surface area contributed by atoms with Gasteiger partial charge < -0.3 is 10.2 Å². The molecule has 2 unspecified atom stereocenters. The number of aliphatic hydroxyl groups is 2. The van der Waals surface area contributed by atoms with Crippen molar-refractivity contribution in [2.45, 2.75) is 25.7 Å². The summed E-state index contributed by atoms with van der Waals surface area (Å²) in [5, 5.41) is 21.3. The molecule has 3 heteroatoms. The molecule has 0 saturated carbocycles. The van der Waals surface area contributed by atoms with Gasteiger partial charge in [-0.2, -0.15) is 0 Å². The molecule has 0 saturated heterocycles. The zero-order valence-corrected chi connectivity index (χ0v) is 8.35. The molecule has 78 valence electrons. The number of aliphatic hydroxyl groups excluding tert-OH is 2. The van der Waals surface area contributed by atoms with Gasteiger partial charge in [0.1, 0.15) is 6.23 Å². The Balaban J connectivity index is 2.30. The topological polar surface area (TPSA) is 52.5 Å². The third kappa shape index (κ3) is 4.37. The summed E-state index contributed by atoms with van der Waals surface area (Å²) in [4.78, 5) is 0. The van der Waals surface area contributed by atoms with Crippen molar-refractivity contribution >= 4 is 0 Å². The highest BCUT2D eigenvalue weighted by Crippen LogP contribution is 2.02. The average Bonchev–Trinajstić information content (AvgIpc) is 2.16. The van der Waals surface area contributed by atoms with E-state index in [1.54, 1.807) is 6.92 Å². The molecule has 0 bridgehead atoms. The summed E-state index contributed by atoms with van der Waals surface area (Å²) in [5.74, 6) is 0. The van der Waals surface area contributed by atoms with Crippen LogP contribution >= 0.6 is 0 Å². The first-order valence-electron chi connectivity index (χ1n) is 4.82. The van der Waals surface area contributed by atoms with Gasteiger partial charge in [-0.25, -0.2) is 0 Å². The van der Waals surface area contributed by atoms with Crippen LogP contribution in [0.25, 0.3) is 0 Å². The number of nitrogens with one attached hydrogen (secondary N) is 1. The molecule has 0 aromatic heterocycles. The van der Waals surface area contributed by atoms with Crippen LogP contribution < -0.4 is 5.32 Å². The Morgan fingerprint density at radius 2 is 1.86 bits per heavy atom. The average molecular weight is 195 g/mol. The van der Waals surface area contributed by atoms with Crippen LogP contribution in [-0.2, 0) is 6.42 Å². The lowest BCUT2D eigenvalue weighted by Gasteiger charge is -2.13. The van der Waals surface area contributed by atoms with Gasteiger partial charge in [-0.05, 0) is 18.9 Å². The summed E-state index contributed by atoms with van der Waals surface area (Å²) in [6, 6.07) is 9.80. The van der Waals surface area contributed by atoms with E-state index in [2.05, 4.69) is 5.32 Å². The molecule has 14 heavy (non-hydrogen) atoms. The van der Waals surface area contributed by atoms with E-state index in [1.807, 2.05) is 30.3 Å². The quantitative estimate of drug-likeness (QED) is 0.600. The molecule has 1 rings (SSSR count). The fraction of sp³-hybridized carbons (Fsp3) is 0.455. The predicted molar refractivity (Wildman–Crippen MR) is 55.8 cm³/mol. The molecule has 0 aliphatic carbocycles. The lowest BCUT2D eigenvalue weighted by molar-refractivity contribution is 0.114. The van der Waals surface area contributed by atoms with E-state index in [9.17, 15) is 5.11 Å². The summed E-state index contributed by atoms with van der Waals surface area (Å²) in [6.45, 7) is 2.04. The van der Waals surface area contributed by atoms with Crippen molar-refractivity contribution in [1.82, 2.24) is 5.32 Å². The molecule has 3 N–H and O–H groups in total. The van der Waals surface area contributed by atoms with Crippen molar-refractivity contribution in [3.8, 4) is 0 Å². The van der Waals surface area contributed by atoms with Gasteiger partial charge >= 0.3 is 0 Å². The standard InChI is InChI=1S/C11H17NO2/c1-9(13)12-8-11(14)7-10-5-3-2-4-6-10/h2-6,9,11-14H,7-8H2,1H3. The zero-order chi connectivity index (χ0) is 10.4. The number of hydrogen-bond acceptors (Lipinski definition) is 3. The minimum absolute atomic E-state index is 0.409. The fourth-order valence-corrected chi connectivity index (χ4v) is 1.26. The highest BCUT2D eigenvalue weighted by atomic mass is 16.3. The molecule has 0 aliphatic heterocycles. The molecule has 0 amide bonds. The van der Waals surface area contributed by atoms with Crippen LogP contribution in [0.3, 0.4) is 0 Å². The number of rotatable bonds is 5. The van der Waals surface area contributed by atoms with E-state index in [0.717, 1.165) is 5.56 Å². The monoisotopic (exact) mass is 195 g/mol. The molecule has 1 aromatic rings. The van der Waals surface area contributed by atoms with Crippen molar-refractivity contribution in [3.63, 3.8) is 0 Å². The van der Waals surface area contributed by atoms with Crippen molar-refractivity contribution in [3.05, 3.63) is 35.9 Å². The minimum Gasteiger partial charge on any atom is -0.391 e. The van der Waals surface area contributed by atoms with Gasteiger partial charge in [-0.3, -0.25) is 5.32 Å². The van der Waals surface area contributed by atoms with E-state index in [1.165, 1.54) is 0 Å². The lowest BCUT2D eigenvalue weighted by Crippen LogP contribution is -2.34. The zero-order valence-electron chi connectivity index (χ0n) is 8.35. The van der Waals surface area contributed by atoms with Gasteiger partial charge in [-0.1, -0.05) is 30.3 Å². The van der Waals surface area contributed by atoms with E-state index >= 15 is 0 Å². The first-order chi connectivity index (χ1) is 6.68. The largest absolute Gasteiger partial charge is 0.391 e. The molecule has 0 heterocycles. The van der Waals surface area contributed by atoms with Crippen LogP contribution in [-0.4, -0.2) is 29.1 Å². The summed E-state index contributed by atoms with van der Waals surface area (Å²) in [7, 11) is 0. The third-order valence-electron chi connectivity index (χ3n) is 1.96. The minimum atomic E-state index is -0.569. The van der Waals surface area contributed by atoms with Crippen molar-refractivity contribution in [2.75, 3.05) is 6.54 Å². The Labute approximate surface area is 84.4 Å². The molecule has 0 fully saturated rings. The normalized spacial score (nSPS) is 15.1. The summed E-state index contributed by atoms with van der Waals surface area (Å²) < 4.78 is 0. The molecular formula is C11H17NO2. The van der Waals surface area contributed by atoms with Crippen LogP contribution in [0.5, 0.6) is 0 Å². The van der Waals surface area contributed by atoms with E-state index < -0.39 is 12.3 Å². The molecule has 0 radical (unpaired) electrons. The van der Waals surface area contributed by atoms with E-state index in [-0.39, 0.29) is 0 Å². The highest BCUT2D eigenvalue weighted by molar-refractivity contribution is 5.15. The Hall–Kier alpha value is -0.900. The van der Waals surface area contributed by atoms with Gasteiger partial charge in [0.25, 0.3) is 0 Å². The number of benzene rings is 1. The second-order valence-corrected chi connectivity index (χ2v) is 3.43. The molecular weight excluding hydrogens is 178 g/mol. The van der Waals surface area contributed by atoms with Crippen LogP contribution in [0.15, 0.2) is 30.3 Å². The van der Waals surface area contributed by atoms with Gasteiger partial charge in [0.2, 0.25) is 0 Å². The molecule has 0 spiro atoms. The highest BCUT2D eigenvalue weighted by Gasteiger charge is 2.05. The lowest BCUT2D eigenvalue weighted by atomic mass is 10.1. The fourth-order valence-electron chi connectivity index (χ4n) is 1.26. The smallest absolute Gasteiger partial charge is 0.102 e. The first-order valence-corrected chi connectivity index (χ1v) is 4.82. The van der Waals surface area contributed by atoms with Crippen molar-refractivity contribution in [2.24, 2.45) is 0 Å². The summed E-state index contributed by atoms with van der Waals surface area (Å²) >= 11 is 0. The maximum absolute atomic E-state index is 9.58. The SMILES string of the molecule is CC(O)NCC(O)Cc1ccccc1. The Morgan fingerprint density at radius 1 is 1.21 bits per heavy atom. The van der Waals surface area contributed by atoms with Crippen LogP contribution in [0.1, 0.15) is 12.5 Å². The van der Waals surface area contributed by atoms with Crippen LogP contribution in [0.2, 0.25) is 0 Å². The molecule has 0 aliphatic rings. The summed E-state index contributed by atoms with van der Waals surface area (Å²) in [6.07, 6.45) is -0.409. The van der Waals surface area contributed by atoms with Gasteiger partial charge in [0, 0.05) is 6.54 Å².